The Morgan fingerprint density at radius 3 is 2.65 bits per heavy atom. The Kier molecular flexibility index (Phi) is 3.94. The number of carbonyl (C=O) groups is 1. The Hall–Kier alpha value is -1.14. The maximum atomic E-state index is 12.3. The third kappa shape index (κ3) is 2.67. The third-order valence-corrected chi connectivity index (χ3v) is 5.18. The molecule has 4 nitrogen and oxygen atoms in total. The first-order valence-corrected chi connectivity index (χ1v) is 7.76. The van der Waals surface area contributed by atoms with Gasteiger partial charge in [-0.1, -0.05) is 29.8 Å². The minimum Gasteiger partial charge on any atom is -0.304 e. The molecule has 1 aromatic heterocycles. The Labute approximate surface area is 126 Å². The lowest BCUT2D eigenvalue weighted by Gasteiger charge is -2.32. The second-order valence-corrected chi connectivity index (χ2v) is 6.40. The fraction of sp³-hybridized carbons (Fsp3) is 0.357. The molecule has 1 saturated heterocycles. The zero-order valence-electron chi connectivity index (χ0n) is 11.2. The minimum absolute atomic E-state index is 0.110. The molecule has 1 amide bonds. The molecule has 6 heteroatoms. The molecule has 1 aliphatic rings. The smallest absolute Gasteiger partial charge is 0.277 e. The van der Waals surface area contributed by atoms with Crippen molar-refractivity contribution in [2.24, 2.45) is 0 Å². The highest BCUT2D eigenvalue weighted by molar-refractivity contribution is 7.21. The van der Waals surface area contributed by atoms with Crippen LogP contribution in [-0.2, 0) is 0 Å². The highest BCUT2D eigenvalue weighted by Crippen LogP contribution is 2.34. The van der Waals surface area contributed by atoms with Gasteiger partial charge < -0.3 is 4.90 Å². The van der Waals surface area contributed by atoms with Gasteiger partial charge >= 0.3 is 0 Å². The van der Waals surface area contributed by atoms with Crippen LogP contribution >= 0.6 is 22.9 Å². The third-order valence-electron chi connectivity index (χ3n) is 3.50. The number of halogens is 1. The number of rotatable bonds is 2. The number of hydrazine groups is 1. The molecule has 1 aromatic carbocycles. The van der Waals surface area contributed by atoms with Crippen LogP contribution < -0.4 is 5.43 Å². The van der Waals surface area contributed by atoms with Crippen molar-refractivity contribution >= 4 is 38.9 Å². The van der Waals surface area contributed by atoms with E-state index in [-0.39, 0.29) is 5.91 Å². The second-order valence-electron chi connectivity index (χ2n) is 4.97. The molecule has 1 aliphatic heterocycles. The fourth-order valence-electron chi connectivity index (χ4n) is 2.27. The predicted octanol–water partition coefficient (Wildman–Crippen LogP) is 2.45. The molecule has 0 spiro atoms. The molecule has 0 aliphatic carbocycles. The summed E-state index contributed by atoms with van der Waals surface area (Å²) in [6, 6.07) is 7.82. The van der Waals surface area contributed by atoms with Crippen molar-refractivity contribution in [2.45, 2.75) is 0 Å². The number of nitrogens with zero attached hydrogens (tertiary/aromatic N) is 2. The van der Waals surface area contributed by atoms with Crippen LogP contribution in [0.4, 0.5) is 0 Å². The first kappa shape index (κ1) is 13.8. The molecule has 0 unspecified atom stereocenters. The Morgan fingerprint density at radius 1 is 1.25 bits per heavy atom. The molecule has 0 saturated carbocycles. The summed E-state index contributed by atoms with van der Waals surface area (Å²) < 4.78 is 1.04. The van der Waals surface area contributed by atoms with Crippen LogP contribution in [0, 0.1) is 0 Å². The number of thiophene rings is 1. The van der Waals surface area contributed by atoms with Gasteiger partial charge in [0.05, 0.1) is 5.02 Å². The van der Waals surface area contributed by atoms with Gasteiger partial charge in [0.1, 0.15) is 4.88 Å². The quantitative estimate of drug-likeness (QED) is 0.925. The lowest BCUT2D eigenvalue weighted by molar-refractivity contribution is 0.0666. The summed E-state index contributed by atoms with van der Waals surface area (Å²) in [5, 5.41) is 3.46. The molecule has 3 rings (SSSR count). The molecule has 0 bridgehead atoms. The van der Waals surface area contributed by atoms with Gasteiger partial charge in [-0.05, 0) is 13.1 Å². The molecular formula is C14H16ClN3OS. The van der Waals surface area contributed by atoms with E-state index in [1.807, 2.05) is 29.3 Å². The van der Waals surface area contributed by atoms with E-state index < -0.39 is 0 Å². The normalized spacial score (nSPS) is 17.5. The van der Waals surface area contributed by atoms with Gasteiger partial charge in [0.25, 0.3) is 5.91 Å². The fourth-order valence-corrected chi connectivity index (χ4v) is 3.68. The van der Waals surface area contributed by atoms with Crippen LogP contribution in [0.3, 0.4) is 0 Å². The summed E-state index contributed by atoms with van der Waals surface area (Å²) >= 11 is 7.76. The minimum atomic E-state index is -0.110. The average molecular weight is 310 g/mol. The van der Waals surface area contributed by atoms with Gasteiger partial charge in [0.2, 0.25) is 0 Å². The Bertz CT molecular complexity index is 634. The number of likely N-dealkylation sites (N-methyl/N-ethyl adjacent to an activating group) is 1. The topological polar surface area (TPSA) is 35.6 Å². The Morgan fingerprint density at radius 2 is 1.95 bits per heavy atom. The first-order valence-electron chi connectivity index (χ1n) is 6.56. The van der Waals surface area contributed by atoms with Gasteiger partial charge in [0.15, 0.2) is 0 Å². The number of hydrogen-bond donors (Lipinski definition) is 1. The summed E-state index contributed by atoms with van der Waals surface area (Å²) in [6.07, 6.45) is 0. The molecule has 2 aromatic rings. The van der Waals surface area contributed by atoms with E-state index in [0.717, 1.165) is 36.3 Å². The van der Waals surface area contributed by atoms with Crippen molar-refractivity contribution in [3.05, 3.63) is 34.2 Å². The second kappa shape index (κ2) is 5.69. The maximum Gasteiger partial charge on any atom is 0.277 e. The first-order chi connectivity index (χ1) is 9.65. The molecule has 20 heavy (non-hydrogen) atoms. The van der Waals surface area contributed by atoms with Gasteiger partial charge in [-0.25, -0.2) is 5.01 Å². The van der Waals surface area contributed by atoms with Crippen molar-refractivity contribution in [2.75, 3.05) is 33.2 Å². The highest BCUT2D eigenvalue weighted by Gasteiger charge is 2.20. The van der Waals surface area contributed by atoms with Crippen LogP contribution in [0.25, 0.3) is 10.1 Å². The number of carbonyl (C=O) groups excluding carboxylic acids is 1. The van der Waals surface area contributed by atoms with Crippen molar-refractivity contribution in [1.29, 1.82) is 0 Å². The number of fused-ring (bicyclic) bond motifs is 1. The average Bonchev–Trinajstić information content (AvgIpc) is 2.79. The van der Waals surface area contributed by atoms with E-state index in [4.69, 9.17) is 11.6 Å². The zero-order chi connectivity index (χ0) is 14.1. The summed E-state index contributed by atoms with van der Waals surface area (Å²) in [5.41, 5.74) is 2.95. The van der Waals surface area contributed by atoms with Crippen LogP contribution in [0.1, 0.15) is 9.67 Å². The molecule has 0 radical (unpaired) electrons. The number of benzene rings is 1. The van der Waals surface area contributed by atoms with Crippen molar-refractivity contribution in [3.8, 4) is 0 Å². The maximum absolute atomic E-state index is 12.3. The summed E-state index contributed by atoms with van der Waals surface area (Å²) in [4.78, 5) is 15.2. The number of hydrogen-bond acceptors (Lipinski definition) is 4. The molecular weight excluding hydrogens is 294 g/mol. The summed E-state index contributed by atoms with van der Waals surface area (Å²) in [6.45, 7) is 3.59. The van der Waals surface area contributed by atoms with E-state index in [9.17, 15) is 4.79 Å². The van der Waals surface area contributed by atoms with Crippen LogP contribution in [-0.4, -0.2) is 49.0 Å². The number of piperazine rings is 1. The predicted molar refractivity (Wildman–Crippen MR) is 83.4 cm³/mol. The molecule has 1 N–H and O–H groups in total. The molecule has 106 valence electrons. The van der Waals surface area contributed by atoms with Crippen molar-refractivity contribution in [1.82, 2.24) is 15.3 Å². The largest absolute Gasteiger partial charge is 0.304 e. The Balaban J connectivity index is 1.77. The van der Waals surface area contributed by atoms with Crippen LogP contribution in [0.5, 0.6) is 0 Å². The van der Waals surface area contributed by atoms with E-state index in [0.29, 0.717) is 9.90 Å². The highest BCUT2D eigenvalue weighted by atomic mass is 35.5. The van der Waals surface area contributed by atoms with Gasteiger partial charge in [-0.15, -0.1) is 11.3 Å². The monoisotopic (exact) mass is 309 g/mol. The lowest BCUT2D eigenvalue weighted by Crippen LogP contribution is -2.52. The lowest BCUT2D eigenvalue weighted by atomic mass is 10.2. The van der Waals surface area contributed by atoms with Crippen molar-refractivity contribution in [3.63, 3.8) is 0 Å². The number of amides is 1. The van der Waals surface area contributed by atoms with E-state index in [2.05, 4.69) is 17.4 Å². The van der Waals surface area contributed by atoms with E-state index in [1.165, 1.54) is 11.3 Å². The summed E-state index contributed by atoms with van der Waals surface area (Å²) in [7, 11) is 2.09. The zero-order valence-corrected chi connectivity index (χ0v) is 12.8. The molecule has 2 heterocycles. The van der Waals surface area contributed by atoms with Gasteiger partial charge in [0, 0.05) is 36.3 Å². The molecule has 0 atom stereocenters. The van der Waals surface area contributed by atoms with Gasteiger partial charge in [-0.2, -0.15) is 0 Å². The SMILES string of the molecule is CN1CCN(NC(=O)c2sc3ccccc3c2Cl)CC1. The standard InChI is InChI=1S/C14H16ClN3OS/c1-17-6-8-18(9-7-17)16-14(19)13-12(15)10-4-2-3-5-11(10)20-13/h2-5H,6-9H2,1H3,(H,16,19). The summed E-state index contributed by atoms with van der Waals surface area (Å²) in [5.74, 6) is -0.110. The van der Waals surface area contributed by atoms with Crippen LogP contribution in [0.15, 0.2) is 24.3 Å². The van der Waals surface area contributed by atoms with Crippen LogP contribution in [0.2, 0.25) is 5.02 Å². The van der Waals surface area contributed by atoms with E-state index in [1.54, 1.807) is 0 Å². The van der Waals surface area contributed by atoms with Gasteiger partial charge in [-0.3, -0.25) is 10.2 Å². The van der Waals surface area contributed by atoms with Crippen molar-refractivity contribution < 1.29 is 4.79 Å². The molecule has 1 fully saturated rings. The van der Waals surface area contributed by atoms with E-state index >= 15 is 0 Å². The number of nitrogens with one attached hydrogen (secondary N) is 1.